The van der Waals surface area contributed by atoms with Crippen LogP contribution >= 0.6 is 12.4 Å². The third-order valence-electron chi connectivity index (χ3n) is 4.35. The molecule has 0 saturated carbocycles. The molecule has 0 aliphatic carbocycles. The Labute approximate surface area is 151 Å². The van der Waals surface area contributed by atoms with Crippen molar-refractivity contribution in [2.24, 2.45) is 5.73 Å². The number of nitrogens with zero attached hydrogens (tertiary/aromatic N) is 1. The van der Waals surface area contributed by atoms with Gasteiger partial charge in [-0.05, 0) is 18.9 Å². The van der Waals surface area contributed by atoms with Crippen LogP contribution in [-0.4, -0.2) is 49.7 Å². The molecule has 2 rings (SSSR count). The summed E-state index contributed by atoms with van der Waals surface area (Å²) in [5.74, 6) is -0.0581. The van der Waals surface area contributed by atoms with Crippen LogP contribution < -0.4 is 11.1 Å². The van der Waals surface area contributed by atoms with Gasteiger partial charge in [0.15, 0.2) is 0 Å². The van der Waals surface area contributed by atoms with Gasteiger partial charge in [-0.1, -0.05) is 43.2 Å². The van der Waals surface area contributed by atoms with Gasteiger partial charge in [0, 0.05) is 19.6 Å². The van der Waals surface area contributed by atoms with Crippen molar-refractivity contribution in [3.63, 3.8) is 0 Å². The van der Waals surface area contributed by atoms with Crippen LogP contribution in [0, 0.1) is 6.92 Å². The van der Waals surface area contributed by atoms with Gasteiger partial charge in [0.25, 0.3) is 0 Å². The zero-order valence-electron chi connectivity index (χ0n) is 14.7. The molecule has 136 valence electrons. The van der Waals surface area contributed by atoms with Gasteiger partial charge in [-0.15, -0.1) is 12.4 Å². The average molecular weight is 356 g/mol. The Bertz CT molecular complexity index is 490. The highest BCUT2D eigenvalue weighted by Gasteiger charge is 2.24. The first-order valence-electron chi connectivity index (χ1n) is 8.53. The van der Waals surface area contributed by atoms with E-state index in [-0.39, 0.29) is 24.4 Å². The monoisotopic (exact) mass is 355 g/mol. The maximum atomic E-state index is 12.1. The molecule has 1 amide bonds. The van der Waals surface area contributed by atoms with Gasteiger partial charge in [-0.3, -0.25) is 9.69 Å². The highest BCUT2D eigenvalue weighted by Crippen LogP contribution is 2.21. The van der Waals surface area contributed by atoms with E-state index in [0.29, 0.717) is 6.54 Å². The van der Waals surface area contributed by atoms with Crippen molar-refractivity contribution >= 4 is 18.3 Å². The number of nitrogens with one attached hydrogen (secondary N) is 1. The average Bonchev–Trinajstić information content (AvgIpc) is 2.57. The second-order valence-corrected chi connectivity index (χ2v) is 6.22. The van der Waals surface area contributed by atoms with E-state index in [1.807, 2.05) is 6.92 Å². The first-order chi connectivity index (χ1) is 11.1. The molecule has 1 saturated heterocycles. The number of hydrogen-bond acceptors (Lipinski definition) is 4. The van der Waals surface area contributed by atoms with Gasteiger partial charge in [-0.25, -0.2) is 0 Å². The maximum Gasteiger partial charge on any atom is 0.236 e. The van der Waals surface area contributed by atoms with Gasteiger partial charge >= 0.3 is 0 Å². The van der Waals surface area contributed by atoms with Gasteiger partial charge in [-0.2, -0.15) is 0 Å². The van der Waals surface area contributed by atoms with Crippen molar-refractivity contribution in [2.45, 2.75) is 38.8 Å². The number of ether oxygens (including phenoxy) is 1. The number of halogens is 1. The SMILES string of the molecule is CCCC(N)C(=O)NCC(c1ccc(C)cc1)N1CCOCC1.Cl. The molecule has 5 nitrogen and oxygen atoms in total. The van der Waals surface area contributed by atoms with Crippen LogP contribution in [0.1, 0.15) is 36.9 Å². The summed E-state index contributed by atoms with van der Waals surface area (Å²) in [5.41, 5.74) is 8.37. The number of benzene rings is 1. The molecule has 0 radical (unpaired) electrons. The quantitative estimate of drug-likeness (QED) is 0.785. The Hall–Kier alpha value is -1.14. The third-order valence-corrected chi connectivity index (χ3v) is 4.35. The lowest BCUT2D eigenvalue weighted by molar-refractivity contribution is -0.122. The molecule has 2 unspecified atom stereocenters. The molecule has 24 heavy (non-hydrogen) atoms. The van der Waals surface area contributed by atoms with E-state index in [4.69, 9.17) is 10.5 Å². The summed E-state index contributed by atoms with van der Waals surface area (Å²) in [6, 6.07) is 8.28. The Morgan fingerprint density at radius 2 is 1.92 bits per heavy atom. The van der Waals surface area contributed by atoms with Crippen molar-refractivity contribution in [2.75, 3.05) is 32.8 Å². The topological polar surface area (TPSA) is 67.6 Å². The molecule has 1 aliphatic heterocycles. The van der Waals surface area contributed by atoms with Gasteiger partial charge in [0.05, 0.1) is 25.3 Å². The Morgan fingerprint density at radius 1 is 1.29 bits per heavy atom. The molecule has 1 fully saturated rings. The minimum atomic E-state index is -0.414. The van der Waals surface area contributed by atoms with Crippen molar-refractivity contribution < 1.29 is 9.53 Å². The predicted molar refractivity (Wildman–Crippen MR) is 99.5 cm³/mol. The van der Waals surface area contributed by atoms with Gasteiger partial charge < -0.3 is 15.8 Å². The minimum absolute atomic E-state index is 0. The van der Waals surface area contributed by atoms with Crippen LogP contribution in [0.2, 0.25) is 0 Å². The summed E-state index contributed by atoms with van der Waals surface area (Å²) < 4.78 is 5.45. The Kier molecular flexibility index (Phi) is 9.29. The van der Waals surface area contributed by atoms with E-state index in [0.717, 1.165) is 39.1 Å². The molecular weight excluding hydrogens is 326 g/mol. The molecule has 0 bridgehead atoms. The zero-order valence-corrected chi connectivity index (χ0v) is 15.5. The summed E-state index contributed by atoms with van der Waals surface area (Å²) >= 11 is 0. The predicted octanol–water partition coefficient (Wildman–Crippen LogP) is 2.03. The fourth-order valence-corrected chi connectivity index (χ4v) is 2.91. The number of amides is 1. The molecule has 2 atom stereocenters. The first kappa shape index (κ1) is 20.9. The second kappa shape index (κ2) is 10.7. The lowest BCUT2D eigenvalue weighted by Gasteiger charge is -2.35. The number of carbonyl (C=O) groups excluding carboxylic acids is 1. The Balaban J connectivity index is 0.00000288. The van der Waals surface area contributed by atoms with Crippen molar-refractivity contribution in [1.82, 2.24) is 10.2 Å². The van der Waals surface area contributed by atoms with E-state index in [1.165, 1.54) is 11.1 Å². The van der Waals surface area contributed by atoms with E-state index in [2.05, 4.69) is 41.4 Å². The summed E-state index contributed by atoms with van der Waals surface area (Å²) in [6.45, 7) is 7.95. The molecular formula is C18H30ClN3O2. The lowest BCUT2D eigenvalue weighted by atomic mass is 10.0. The van der Waals surface area contributed by atoms with Crippen molar-refractivity contribution in [1.29, 1.82) is 0 Å². The largest absolute Gasteiger partial charge is 0.379 e. The number of rotatable bonds is 7. The molecule has 6 heteroatoms. The van der Waals surface area contributed by atoms with E-state index < -0.39 is 6.04 Å². The second-order valence-electron chi connectivity index (χ2n) is 6.22. The first-order valence-corrected chi connectivity index (χ1v) is 8.53. The molecule has 1 aromatic carbocycles. The van der Waals surface area contributed by atoms with Crippen LogP contribution in [0.3, 0.4) is 0 Å². The summed E-state index contributed by atoms with van der Waals surface area (Å²) in [7, 11) is 0. The standard InChI is InChI=1S/C18H29N3O2.ClH/c1-3-4-16(19)18(22)20-13-17(21-9-11-23-12-10-21)15-7-5-14(2)6-8-15;/h5-8,16-17H,3-4,9-13,19H2,1-2H3,(H,20,22);1H. The summed E-state index contributed by atoms with van der Waals surface area (Å²) in [4.78, 5) is 14.5. The fourth-order valence-electron chi connectivity index (χ4n) is 2.91. The van der Waals surface area contributed by atoms with Crippen LogP contribution in [-0.2, 0) is 9.53 Å². The van der Waals surface area contributed by atoms with Crippen molar-refractivity contribution in [3.8, 4) is 0 Å². The van der Waals surface area contributed by atoms with E-state index in [1.54, 1.807) is 0 Å². The molecule has 0 spiro atoms. The molecule has 3 N–H and O–H groups in total. The van der Waals surface area contributed by atoms with E-state index in [9.17, 15) is 4.79 Å². The number of hydrogen-bond donors (Lipinski definition) is 2. The number of nitrogens with two attached hydrogens (primary N) is 1. The minimum Gasteiger partial charge on any atom is -0.379 e. The van der Waals surface area contributed by atoms with Gasteiger partial charge in [0.1, 0.15) is 0 Å². The highest BCUT2D eigenvalue weighted by atomic mass is 35.5. The van der Waals surface area contributed by atoms with Gasteiger partial charge in [0.2, 0.25) is 5.91 Å². The van der Waals surface area contributed by atoms with Crippen LogP contribution in [0.5, 0.6) is 0 Å². The molecule has 1 aliphatic rings. The smallest absolute Gasteiger partial charge is 0.236 e. The number of morpholine rings is 1. The Morgan fingerprint density at radius 3 is 2.50 bits per heavy atom. The van der Waals surface area contributed by atoms with Crippen molar-refractivity contribution in [3.05, 3.63) is 35.4 Å². The highest BCUT2D eigenvalue weighted by molar-refractivity contribution is 5.85. The van der Waals surface area contributed by atoms with Crippen LogP contribution in [0.25, 0.3) is 0 Å². The molecule has 1 heterocycles. The lowest BCUT2D eigenvalue weighted by Crippen LogP contribution is -2.47. The molecule has 1 aromatic rings. The molecule has 0 aromatic heterocycles. The van der Waals surface area contributed by atoms with E-state index >= 15 is 0 Å². The normalized spacial score (nSPS) is 17.6. The number of aryl methyl sites for hydroxylation is 1. The number of carbonyl (C=O) groups is 1. The fraction of sp³-hybridized carbons (Fsp3) is 0.611. The van der Waals surface area contributed by atoms with Crippen LogP contribution in [0.4, 0.5) is 0 Å². The van der Waals surface area contributed by atoms with Crippen LogP contribution in [0.15, 0.2) is 24.3 Å². The maximum absolute atomic E-state index is 12.1. The summed E-state index contributed by atoms with van der Waals surface area (Å²) in [6.07, 6.45) is 1.64. The third kappa shape index (κ3) is 6.06. The zero-order chi connectivity index (χ0) is 16.7. The summed E-state index contributed by atoms with van der Waals surface area (Å²) in [5, 5.41) is 3.03.